The zero-order chi connectivity index (χ0) is 13.5. The van der Waals surface area contributed by atoms with Crippen molar-refractivity contribution < 1.29 is 17.6 Å². The molecule has 3 aromatic rings. The average molecular weight is 262 g/mol. The van der Waals surface area contributed by atoms with Gasteiger partial charge in [0, 0.05) is 5.56 Å². The largest absolute Gasteiger partial charge is 0.436 e. The molecule has 0 fully saturated rings. The Balaban J connectivity index is 2.11. The van der Waals surface area contributed by atoms with Crippen molar-refractivity contribution in [3.63, 3.8) is 0 Å². The molecule has 1 radical (unpaired) electrons. The molecule has 5 heteroatoms. The number of oxazole rings is 1. The fraction of sp³-hybridized carbons (Fsp3) is 0.0714. The molecule has 2 nitrogen and oxygen atoms in total. The van der Waals surface area contributed by atoms with E-state index >= 15 is 0 Å². The number of hydrogen-bond acceptors (Lipinski definition) is 2. The molecule has 0 bridgehead atoms. The second-order valence-electron chi connectivity index (χ2n) is 3.99. The summed E-state index contributed by atoms with van der Waals surface area (Å²) in [6.07, 6.45) is -4.38. The average Bonchev–Trinajstić information content (AvgIpc) is 2.81. The highest BCUT2D eigenvalue weighted by Crippen LogP contribution is 2.32. The van der Waals surface area contributed by atoms with Gasteiger partial charge in [0.2, 0.25) is 5.89 Å². The van der Waals surface area contributed by atoms with Crippen LogP contribution in [0, 0.1) is 6.07 Å². The molecule has 0 atom stereocenters. The summed E-state index contributed by atoms with van der Waals surface area (Å²) in [4.78, 5) is 4.14. The number of hydrogen-bond donors (Lipinski definition) is 0. The molecule has 0 saturated carbocycles. The smallest absolute Gasteiger partial charge is 0.416 e. The molecule has 1 heterocycles. The van der Waals surface area contributed by atoms with Gasteiger partial charge in [0.25, 0.3) is 0 Å². The fourth-order valence-corrected chi connectivity index (χ4v) is 1.77. The van der Waals surface area contributed by atoms with Gasteiger partial charge in [-0.25, -0.2) is 4.98 Å². The van der Waals surface area contributed by atoms with Crippen molar-refractivity contribution in [2.75, 3.05) is 0 Å². The number of aromatic nitrogens is 1. The first-order valence-corrected chi connectivity index (χ1v) is 5.48. The number of benzene rings is 2. The van der Waals surface area contributed by atoms with E-state index in [4.69, 9.17) is 4.42 Å². The first-order valence-electron chi connectivity index (χ1n) is 5.48. The molecule has 0 spiro atoms. The predicted octanol–water partition coefficient (Wildman–Crippen LogP) is 4.31. The van der Waals surface area contributed by atoms with Gasteiger partial charge in [-0.15, -0.1) is 0 Å². The van der Waals surface area contributed by atoms with Crippen LogP contribution in [0.15, 0.2) is 46.9 Å². The van der Waals surface area contributed by atoms with Gasteiger partial charge in [0.15, 0.2) is 5.58 Å². The Morgan fingerprint density at radius 1 is 1.16 bits per heavy atom. The van der Waals surface area contributed by atoms with E-state index in [9.17, 15) is 13.2 Å². The van der Waals surface area contributed by atoms with Crippen molar-refractivity contribution in [3.8, 4) is 11.5 Å². The predicted molar refractivity (Wildman–Crippen MR) is 63.3 cm³/mol. The quantitative estimate of drug-likeness (QED) is 0.653. The molecule has 0 N–H and O–H groups in total. The topological polar surface area (TPSA) is 26.0 Å². The molecule has 0 aliphatic rings. The van der Waals surface area contributed by atoms with Crippen LogP contribution < -0.4 is 0 Å². The fourth-order valence-electron chi connectivity index (χ4n) is 1.77. The third-order valence-electron chi connectivity index (χ3n) is 2.67. The van der Waals surface area contributed by atoms with Crippen LogP contribution >= 0.6 is 0 Å². The lowest BCUT2D eigenvalue weighted by molar-refractivity contribution is -0.137. The maximum absolute atomic E-state index is 12.6. The van der Waals surface area contributed by atoms with E-state index in [1.807, 2.05) is 0 Å². The minimum atomic E-state index is -4.38. The monoisotopic (exact) mass is 262 g/mol. The Hall–Kier alpha value is -2.30. The van der Waals surface area contributed by atoms with Crippen LogP contribution in [0.1, 0.15) is 5.56 Å². The minimum Gasteiger partial charge on any atom is -0.436 e. The molecule has 0 aliphatic carbocycles. The van der Waals surface area contributed by atoms with Crippen molar-refractivity contribution >= 4 is 11.1 Å². The number of halogens is 3. The summed E-state index contributed by atoms with van der Waals surface area (Å²) in [5.41, 5.74) is 0.658. The van der Waals surface area contributed by atoms with E-state index < -0.39 is 11.7 Å². The van der Waals surface area contributed by atoms with Crippen LogP contribution in [0.5, 0.6) is 0 Å². The zero-order valence-electron chi connectivity index (χ0n) is 9.53. The molecule has 19 heavy (non-hydrogen) atoms. The van der Waals surface area contributed by atoms with Crippen molar-refractivity contribution in [1.29, 1.82) is 0 Å². The number of rotatable bonds is 1. The summed E-state index contributed by atoms with van der Waals surface area (Å²) < 4.78 is 43.3. The molecule has 3 rings (SSSR count). The third kappa shape index (κ3) is 2.19. The van der Waals surface area contributed by atoms with E-state index in [0.29, 0.717) is 16.7 Å². The van der Waals surface area contributed by atoms with Crippen LogP contribution in [-0.2, 0) is 6.18 Å². The lowest BCUT2D eigenvalue weighted by Gasteiger charge is -2.06. The Morgan fingerprint density at radius 2 is 2.00 bits per heavy atom. The highest BCUT2D eigenvalue weighted by atomic mass is 19.4. The van der Waals surface area contributed by atoms with Gasteiger partial charge in [0.05, 0.1) is 5.56 Å². The van der Waals surface area contributed by atoms with Crippen LogP contribution in [0.3, 0.4) is 0 Å². The van der Waals surface area contributed by atoms with Crippen LogP contribution in [-0.4, -0.2) is 4.98 Å². The molecule has 2 aromatic carbocycles. The van der Waals surface area contributed by atoms with Gasteiger partial charge < -0.3 is 4.42 Å². The first kappa shape index (κ1) is 11.8. The SMILES string of the molecule is FC(F)(F)c1cccc(-c2nc3c[c]ccc3o2)c1. The van der Waals surface area contributed by atoms with Gasteiger partial charge in [0.1, 0.15) is 5.52 Å². The molecular formula is C14H7F3NO. The summed E-state index contributed by atoms with van der Waals surface area (Å²) in [6, 6.07) is 12.7. The van der Waals surface area contributed by atoms with Crippen LogP contribution in [0.25, 0.3) is 22.6 Å². The van der Waals surface area contributed by atoms with Crippen molar-refractivity contribution in [2.45, 2.75) is 6.18 Å². The van der Waals surface area contributed by atoms with Gasteiger partial charge in [-0.1, -0.05) is 12.1 Å². The maximum atomic E-state index is 12.6. The summed E-state index contributed by atoms with van der Waals surface area (Å²) >= 11 is 0. The first-order chi connectivity index (χ1) is 9.04. The molecule has 0 amide bonds. The maximum Gasteiger partial charge on any atom is 0.416 e. The highest BCUT2D eigenvalue weighted by Gasteiger charge is 2.30. The zero-order valence-corrected chi connectivity index (χ0v) is 9.53. The summed E-state index contributed by atoms with van der Waals surface area (Å²) in [5.74, 6) is 0.167. The van der Waals surface area contributed by atoms with Gasteiger partial charge in [-0.2, -0.15) is 13.2 Å². The molecule has 95 valence electrons. The molecule has 1 aromatic heterocycles. The van der Waals surface area contributed by atoms with E-state index in [0.717, 1.165) is 12.1 Å². The summed E-state index contributed by atoms with van der Waals surface area (Å²) in [7, 11) is 0. The second kappa shape index (κ2) is 4.12. The van der Waals surface area contributed by atoms with Gasteiger partial charge in [-0.05, 0) is 36.4 Å². The van der Waals surface area contributed by atoms with Crippen LogP contribution in [0.4, 0.5) is 13.2 Å². The molecular weight excluding hydrogens is 255 g/mol. The lowest BCUT2D eigenvalue weighted by Crippen LogP contribution is -2.04. The Kier molecular flexibility index (Phi) is 2.55. The van der Waals surface area contributed by atoms with E-state index in [-0.39, 0.29) is 5.89 Å². The Morgan fingerprint density at radius 3 is 2.74 bits per heavy atom. The van der Waals surface area contributed by atoms with E-state index in [1.54, 1.807) is 18.2 Å². The lowest BCUT2D eigenvalue weighted by atomic mass is 10.1. The minimum absolute atomic E-state index is 0.167. The third-order valence-corrected chi connectivity index (χ3v) is 2.67. The summed E-state index contributed by atoms with van der Waals surface area (Å²) in [5, 5.41) is 0. The van der Waals surface area contributed by atoms with Crippen molar-refractivity contribution in [1.82, 2.24) is 4.98 Å². The number of fused-ring (bicyclic) bond motifs is 1. The second-order valence-corrected chi connectivity index (χ2v) is 3.99. The molecule has 0 unspecified atom stereocenters. The molecule has 0 aliphatic heterocycles. The number of alkyl halides is 3. The van der Waals surface area contributed by atoms with Gasteiger partial charge >= 0.3 is 6.18 Å². The Labute approximate surface area is 106 Å². The van der Waals surface area contributed by atoms with E-state index in [1.165, 1.54) is 12.1 Å². The summed E-state index contributed by atoms with van der Waals surface area (Å²) in [6.45, 7) is 0. The molecule has 0 saturated heterocycles. The normalized spacial score (nSPS) is 11.9. The highest BCUT2D eigenvalue weighted by molar-refractivity contribution is 5.75. The van der Waals surface area contributed by atoms with E-state index in [2.05, 4.69) is 11.1 Å². The van der Waals surface area contributed by atoms with Crippen molar-refractivity contribution in [2.24, 2.45) is 0 Å². The Bertz CT molecular complexity index is 698. The standard InChI is InChI=1S/C14H7F3NO/c15-14(16,17)10-5-3-4-9(8-10)13-18-11-6-1-2-7-12(11)19-13/h2-8H. The number of nitrogens with zero attached hydrogens (tertiary/aromatic N) is 1. The van der Waals surface area contributed by atoms with Gasteiger partial charge in [-0.3, -0.25) is 0 Å². The van der Waals surface area contributed by atoms with Crippen LogP contribution in [0.2, 0.25) is 0 Å². The van der Waals surface area contributed by atoms with Crippen molar-refractivity contribution in [3.05, 3.63) is 54.1 Å².